The lowest BCUT2D eigenvalue weighted by molar-refractivity contribution is 0.508. The van der Waals surface area contributed by atoms with Crippen LogP contribution in [-0.4, -0.2) is 24.0 Å². The van der Waals surface area contributed by atoms with Crippen molar-refractivity contribution in [3.63, 3.8) is 0 Å². The minimum Gasteiger partial charge on any atom is -0.357 e. The van der Waals surface area contributed by atoms with Crippen LogP contribution in [0.1, 0.15) is 32.0 Å². The number of nitrogens with zero attached hydrogens (tertiary/aromatic N) is 2. The fourth-order valence-corrected chi connectivity index (χ4v) is 2.29. The fraction of sp³-hybridized carbons (Fsp3) is 0.368. The predicted molar refractivity (Wildman–Crippen MR) is 96.5 cm³/mol. The van der Waals surface area contributed by atoms with Crippen LogP contribution in [0.25, 0.3) is 0 Å². The smallest absolute Gasteiger partial charge is 0.191 e. The summed E-state index contributed by atoms with van der Waals surface area (Å²) in [6.45, 7) is 8.75. The normalized spacial score (nSPS) is 12.0. The van der Waals surface area contributed by atoms with Crippen molar-refractivity contribution in [1.82, 2.24) is 15.6 Å². The highest BCUT2D eigenvalue weighted by Crippen LogP contribution is 2.21. The Labute approximate surface area is 139 Å². The molecule has 2 N–H and O–H groups in total. The van der Waals surface area contributed by atoms with Crippen LogP contribution in [0.15, 0.2) is 59.7 Å². The van der Waals surface area contributed by atoms with Gasteiger partial charge < -0.3 is 10.6 Å². The van der Waals surface area contributed by atoms with E-state index >= 15 is 0 Å². The molecule has 0 aliphatic carbocycles. The molecule has 0 spiro atoms. The Bertz CT molecular complexity index is 606. The number of aliphatic imine (C=N–C) groups is 1. The molecule has 1 heterocycles. The Hall–Kier alpha value is -2.36. The molecule has 0 amide bonds. The molecule has 0 saturated carbocycles. The third kappa shape index (κ3) is 5.40. The first-order valence-corrected chi connectivity index (χ1v) is 8.09. The van der Waals surface area contributed by atoms with Gasteiger partial charge in [0.15, 0.2) is 5.96 Å². The van der Waals surface area contributed by atoms with Crippen molar-refractivity contribution < 1.29 is 0 Å². The van der Waals surface area contributed by atoms with Gasteiger partial charge in [-0.2, -0.15) is 0 Å². The molecular weight excluding hydrogens is 284 g/mol. The van der Waals surface area contributed by atoms with Crippen LogP contribution < -0.4 is 10.6 Å². The number of hydrogen-bond acceptors (Lipinski definition) is 2. The predicted octanol–water partition coefficient (Wildman–Crippen LogP) is 3.11. The molecule has 4 heteroatoms. The number of benzene rings is 1. The Balaban J connectivity index is 1.99. The van der Waals surface area contributed by atoms with E-state index in [9.17, 15) is 0 Å². The molecule has 4 nitrogen and oxygen atoms in total. The van der Waals surface area contributed by atoms with Crippen LogP contribution in [0.3, 0.4) is 0 Å². The molecular formula is C19H26N4. The van der Waals surface area contributed by atoms with Gasteiger partial charge in [-0.25, -0.2) is 4.99 Å². The molecule has 1 aromatic heterocycles. The number of guanidine groups is 1. The van der Waals surface area contributed by atoms with Crippen molar-refractivity contribution in [2.24, 2.45) is 4.99 Å². The zero-order valence-electron chi connectivity index (χ0n) is 14.2. The zero-order chi connectivity index (χ0) is 16.5. The van der Waals surface area contributed by atoms with Gasteiger partial charge in [-0.15, -0.1) is 0 Å². The Morgan fingerprint density at radius 1 is 1.04 bits per heavy atom. The lowest BCUT2D eigenvalue weighted by atomic mass is 9.85. The van der Waals surface area contributed by atoms with Gasteiger partial charge in [0, 0.05) is 24.7 Å². The van der Waals surface area contributed by atoms with Crippen LogP contribution >= 0.6 is 0 Å². The molecule has 1 aromatic carbocycles. The van der Waals surface area contributed by atoms with Gasteiger partial charge in [0.1, 0.15) is 0 Å². The average molecular weight is 310 g/mol. The highest BCUT2D eigenvalue weighted by molar-refractivity contribution is 5.79. The molecule has 0 unspecified atom stereocenters. The summed E-state index contributed by atoms with van der Waals surface area (Å²) >= 11 is 0. The van der Waals surface area contributed by atoms with Gasteiger partial charge >= 0.3 is 0 Å². The standard InChI is InChI=1S/C19H26N4/c1-4-20-18(22-14-17-12-8-9-13-21-17)23-15-19(2,3)16-10-6-5-7-11-16/h5-13H,4,14-15H2,1-3H3,(H2,20,22,23). The van der Waals surface area contributed by atoms with Crippen LogP contribution in [-0.2, 0) is 12.0 Å². The molecule has 2 rings (SSSR count). The van der Waals surface area contributed by atoms with E-state index in [1.165, 1.54) is 5.56 Å². The van der Waals surface area contributed by atoms with E-state index in [0.717, 1.165) is 24.7 Å². The summed E-state index contributed by atoms with van der Waals surface area (Å²) in [6.07, 6.45) is 1.80. The number of rotatable bonds is 6. The van der Waals surface area contributed by atoms with Gasteiger partial charge in [0.25, 0.3) is 0 Å². The second-order valence-electron chi connectivity index (χ2n) is 6.12. The SMILES string of the molecule is CCNC(=NCc1ccccn1)NCC(C)(C)c1ccccc1. The van der Waals surface area contributed by atoms with E-state index in [0.29, 0.717) is 6.54 Å². The summed E-state index contributed by atoms with van der Waals surface area (Å²) in [5, 5.41) is 6.73. The molecule has 0 aliphatic rings. The molecule has 23 heavy (non-hydrogen) atoms. The van der Waals surface area contributed by atoms with Gasteiger partial charge in [0.05, 0.1) is 12.2 Å². The second-order valence-corrected chi connectivity index (χ2v) is 6.12. The number of nitrogens with one attached hydrogen (secondary N) is 2. The van der Waals surface area contributed by atoms with Crippen LogP contribution in [0.4, 0.5) is 0 Å². The molecule has 122 valence electrons. The van der Waals surface area contributed by atoms with Crippen molar-refractivity contribution in [1.29, 1.82) is 0 Å². The molecule has 0 radical (unpaired) electrons. The number of pyridine rings is 1. The van der Waals surface area contributed by atoms with Crippen LogP contribution in [0, 0.1) is 0 Å². The number of hydrogen-bond donors (Lipinski definition) is 2. The zero-order valence-corrected chi connectivity index (χ0v) is 14.2. The maximum Gasteiger partial charge on any atom is 0.191 e. The van der Waals surface area contributed by atoms with E-state index in [1.807, 2.05) is 24.3 Å². The quantitative estimate of drug-likeness (QED) is 0.637. The monoisotopic (exact) mass is 310 g/mol. The minimum absolute atomic E-state index is 0.0302. The molecule has 0 aliphatic heterocycles. The van der Waals surface area contributed by atoms with E-state index in [2.05, 4.69) is 65.6 Å². The second kappa shape index (κ2) is 8.32. The Kier molecular flexibility index (Phi) is 6.15. The summed E-state index contributed by atoms with van der Waals surface area (Å²) in [5.74, 6) is 0.821. The molecule has 0 fully saturated rings. The largest absolute Gasteiger partial charge is 0.357 e. The van der Waals surface area contributed by atoms with Crippen molar-refractivity contribution in [2.75, 3.05) is 13.1 Å². The maximum atomic E-state index is 4.61. The maximum absolute atomic E-state index is 4.61. The van der Waals surface area contributed by atoms with E-state index in [1.54, 1.807) is 6.20 Å². The third-order valence-corrected chi connectivity index (χ3v) is 3.72. The third-order valence-electron chi connectivity index (χ3n) is 3.72. The first-order valence-electron chi connectivity index (χ1n) is 8.09. The molecule has 0 bridgehead atoms. The topological polar surface area (TPSA) is 49.3 Å². The molecule has 0 saturated heterocycles. The summed E-state index contributed by atoms with van der Waals surface area (Å²) in [7, 11) is 0. The summed E-state index contributed by atoms with van der Waals surface area (Å²) in [4.78, 5) is 8.92. The van der Waals surface area contributed by atoms with Gasteiger partial charge in [-0.3, -0.25) is 4.98 Å². The highest BCUT2D eigenvalue weighted by Gasteiger charge is 2.20. The van der Waals surface area contributed by atoms with Crippen molar-refractivity contribution in [3.8, 4) is 0 Å². The van der Waals surface area contributed by atoms with Crippen LogP contribution in [0.2, 0.25) is 0 Å². The fourth-order valence-electron chi connectivity index (χ4n) is 2.29. The highest BCUT2D eigenvalue weighted by atomic mass is 15.2. The first-order chi connectivity index (χ1) is 11.1. The van der Waals surface area contributed by atoms with E-state index in [4.69, 9.17) is 0 Å². The molecule has 2 aromatic rings. The van der Waals surface area contributed by atoms with Crippen molar-refractivity contribution >= 4 is 5.96 Å². The van der Waals surface area contributed by atoms with E-state index in [-0.39, 0.29) is 5.41 Å². The number of aromatic nitrogens is 1. The van der Waals surface area contributed by atoms with Crippen molar-refractivity contribution in [2.45, 2.75) is 32.7 Å². The van der Waals surface area contributed by atoms with E-state index < -0.39 is 0 Å². The lowest BCUT2D eigenvalue weighted by Gasteiger charge is -2.26. The summed E-state index contributed by atoms with van der Waals surface area (Å²) < 4.78 is 0. The molecule has 0 atom stereocenters. The summed E-state index contributed by atoms with van der Waals surface area (Å²) in [5.41, 5.74) is 2.31. The average Bonchev–Trinajstić information content (AvgIpc) is 2.59. The van der Waals surface area contributed by atoms with Crippen molar-refractivity contribution in [3.05, 3.63) is 66.0 Å². The minimum atomic E-state index is 0.0302. The Morgan fingerprint density at radius 3 is 2.43 bits per heavy atom. The summed E-state index contributed by atoms with van der Waals surface area (Å²) in [6, 6.07) is 16.4. The Morgan fingerprint density at radius 2 is 1.78 bits per heavy atom. The first kappa shape index (κ1) is 17.0. The van der Waals surface area contributed by atoms with Gasteiger partial charge in [0.2, 0.25) is 0 Å². The van der Waals surface area contributed by atoms with Gasteiger partial charge in [-0.1, -0.05) is 50.2 Å². The van der Waals surface area contributed by atoms with Crippen LogP contribution in [0.5, 0.6) is 0 Å². The van der Waals surface area contributed by atoms with Gasteiger partial charge in [-0.05, 0) is 24.6 Å². The lowest BCUT2D eigenvalue weighted by Crippen LogP contribution is -2.43.